The normalized spacial score (nSPS) is 10.8. The third-order valence-corrected chi connectivity index (χ3v) is 3.24. The molecule has 4 heteroatoms. The maximum Gasteiger partial charge on any atom is 0.305 e. The van der Waals surface area contributed by atoms with E-state index in [9.17, 15) is 4.79 Å². The number of carbonyl (C=O) groups is 1. The molecule has 3 rings (SSSR count). The van der Waals surface area contributed by atoms with Gasteiger partial charge in [0, 0.05) is 12.1 Å². The van der Waals surface area contributed by atoms with Crippen LogP contribution >= 0.6 is 0 Å². The number of fused-ring (bicyclic) bond motifs is 1. The number of hydrogen-bond acceptors (Lipinski definition) is 2. The molecule has 0 saturated carbocycles. The van der Waals surface area contributed by atoms with E-state index >= 15 is 0 Å². The summed E-state index contributed by atoms with van der Waals surface area (Å²) < 4.78 is 1.97. The molecule has 0 bridgehead atoms. The lowest BCUT2D eigenvalue weighted by Crippen LogP contribution is -2.06. The number of rotatable bonds is 4. The number of hydrogen-bond donors (Lipinski definition) is 1. The second-order valence-corrected chi connectivity index (χ2v) is 4.59. The molecule has 4 nitrogen and oxygen atoms in total. The molecular formula is C16H14N2O2. The number of benzene rings is 2. The van der Waals surface area contributed by atoms with Gasteiger partial charge in [0.05, 0.1) is 17.5 Å². The van der Waals surface area contributed by atoms with Crippen molar-refractivity contribution in [1.29, 1.82) is 0 Å². The first-order valence-electron chi connectivity index (χ1n) is 6.48. The Labute approximate surface area is 116 Å². The minimum Gasteiger partial charge on any atom is -0.481 e. The van der Waals surface area contributed by atoms with Crippen LogP contribution in [0.5, 0.6) is 0 Å². The van der Waals surface area contributed by atoms with Crippen molar-refractivity contribution in [2.45, 2.75) is 13.0 Å². The van der Waals surface area contributed by atoms with Gasteiger partial charge in [0.25, 0.3) is 0 Å². The maximum atomic E-state index is 10.8. The van der Waals surface area contributed by atoms with Crippen molar-refractivity contribution < 1.29 is 9.90 Å². The van der Waals surface area contributed by atoms with Crippen LogP contribution in [0.1, 0.15) is 6.42 Å². The molecule has 0 aliphatic rings. The van der Waals surface area contributed by atoms with Crippen LogP contribution in [0.3, 0.4) is 0 Å². The number of aryl methyl sites for hydroxylation is 1. The van der Waals surface area contributed by atoms with E-state index in [1.807, 2.05) is 59.2 Å². The minimum atomic E-state index is -0.804. The highest BCUT2D eigenvalue weighted by Gasteiger charge is 2.12. The molecule has 0 unspecified atom stereocenters. The lowest BCUT2D eigenvalue weighted by atomic mass is 10.2. The Hall–Kier alpha value is -2.62. The van der Waals surface area contributed by atoms with Crippen molar-refractivity contribution in [2.24, 2.45) is 0 Å². The van der Waals surface area contributed by atoms with E-state index in [4.69, 9.17) is 5.11 Å². The smallest absolute Gasteiger partial charge is 0.305 e. The van der Waals surface area contributed by atoms with Gasteiger partial charge in [-0.2, -0.15) is 0 Å². The standard InChI is InChI=1S/C16H14N2O2/c19-15(20)10-11-18-14-9-5-4-8-13(14)17-16(18)12-6-2-1-3-7-12/h1-9H,10-11H2,(H,19,20). The van der Waals surface area contributed by atoms with E-state index in [0.717, 1.165) is 22.4 Å². The van der Waals surface area contributed by atoms with E-state index in [1.165, 1.54) is 0 Å². The fraction of sp³-hybridized carbons (Fsp3) is 0.125. The van der Waals surface area contributed by atoms with Crippen LogP contribution in [0.15, 0.2) is 54.6 Å². The molecule has 100 valence electrons. The summed E-state index contributed by atoms with van der Waals surface area (Å²) in [6.45, 7) is 0.417. The van der Waals surface area contributed by atoms with E-state index in [-0.39, 0.29) is 6.42 Å². The van der Waals surface area contributed by atoms with Gasteiger partial charge in [-0.25, -0.2) is 4.98 Å². The van der Waals surface area contributed by atoms with Gasteiger partial charge in [0.1, 0.15) is 5.82 Å². The topological polar surface area (TPSA) is 55.1 Å². The molecule has 3 aromatic rings. The van der Waals surface area contributed by atoms with E-state index in [1.54, 1.807) is 0 Å². The average molecular weight is 266 g/mol. The number of nitrogens with zero attached hydrogens (tertiary/aromatic N) is 2. The summed E-state index contributed by atoms with van der Waals surface area (Å²) in [5.41, 5.74) is 2.85. The molecule has 0 radical (unpaired) electrons. The molecule has 0 fully saturated rings. The van der Waals surface area contributed by atoms with Gasteiger partial charge in [0.2, 0.25) is 0 Å². The summed E-state index contributed by atoms with van der Waals surface area (Å²) in [4.78, 5) is 15.5. The molecule has 0 saturated heterocycles. The Bertz CT molecular complexity index is 748. The van der Waals surface area contributed by atoms with Gasteiger partial charge in [-0.1, -0.05) is 42.5 Å². The second-order valence-electron chi connectivity index (χ2n) is 4.59. The largest absolute Gasteiger partial charge is 0.481 e. The van der Waals surface area contributed by atoms with Crippen LogP contribution in [-0.2, 0) is 11.3 Å². The van der Waals surface area contributed by atoms with Crippen molar-refractivity contribution in [2.75, 3.05) is 0 Å². The molecule has 1 aromatic heterocycles. The van der Waals surface area contributed by atoms with Gasteiger partial charge < -0.3 is 9.67 Å². The van der Waals surface area contributed by atoms with Crippen molar-refractivity contribution in [3.05, 3.63) is 54.6 Å². The fourth-order valence-corrected chi connectivity index (χ4v) is 2.32. The third-order valence-electron chi connectivity index (χ3n) is 3.24. The predicted octanol–water partition coefficient (Wildman–Crippen LogP) is 3.18. The zero-order chi connectivity index (χ0) is 13.9. The lowest BCUT2D eigenvalue weighted by molar-refractivity contribution is -0.137. The van der Waals surface area contributed by atoms with E-state index < -0.39 is 5.97 Å². The third kappa shape index (κ3) is 2.28. The van der Waals surface area contributed by atoms with Crippen molar-refractivity contribution in [1.82, 2.24) is 9.55 Å². The van der Waals surface area contributed by atoms with Crippen LogP contribution in [0.4, 0.5) is 0 Å². The zero-order valence-corrected chi connectivity index (χ0v) is 10.9. The van der Waals surface area contributed by atoms with Crippen LogP contribution in [0, 0.1) is 0 Å². The quantitative estimate of drug-likeness (QED) is 0.789. The zero-order valence-electron chi connectivity index (χ0n) is 10.9. The SMILES string of the molecule is O=C(O)CCn1c(-c2ccccc2)nc2ccccc21. The first-order valence-corrected chi connectivity index (χ1v) is 6.48. The molecule has 0 amide bonds. The Morgan fingerprint density at radius 1 is 1.05 bits per heavy atom. The molecule has 0 spiro atoms. The number of carboxylic acids is 1. The molecule has 2 aromatic carbocycles. The van der Waals surface area contributed by atoms with Gasteiger partial charge >= 0.3 is 5.97 Å². The molecule has 1 N–H and O–H groups in total. The fourth-order valence-electron chi connectivity index (χ4n) is 2.32. The highest BCUT2D eigenvalue weighted by molar-refractivity contribution is 5.80. The van der Waals surface area contributed by atoms with Gasteiger partial charge in [0.15, 0.2) is 0 Å². The predicted molar refractivity (Wildman–Crippen MR) is 77.4 cm³/mol. The Balaban J connectivity index is 2.15. The van der Waals surface area contributed by atoms with Crippen LogP contribution < -0.4 is 0 Å². The highest BCUT2D eigenvalue weighted by Crippen LogP contribution is 2.24. The number of imidazole rings is 1. The molecule has 0 aliphatic carbocycles. The number of aliphatic carboxylic acids is 1. The van der Waals surface area contributed by atoms with Gasteiger partial charge in [-0.05, 0) is 12.1 Å². The first kappa shape index (κ1) is 12.4. The van der Waals surface area contributed by atoms with E-state index in [0.29, 0.717) is 6.54 Å². The Kier molecular flexibility index (Phi) is 3.21. The summed E-state index contributed by atoms with van der Waals surface area (Å²) in [6.07, 6.45) is 0.0835. The van der Waals surface area contributed by atoms with Crippen molar-refractivity contribution in [3.8, 4) is 11.4 Å². The second kappa shape index (κ2) is 5.17. The number of carboxylic acid groups (broad SMARTS) is 1. The van der Waals surface area contributed by atoms with Crippen molar-refractivity contribution >= 4 is 17.0 Å². The minimum absolute atomic E-state index is 0.0835. The molecule has 0 aliphatic heterocycles. The van der Waals surface area contributed by atoms with Crippen LogP contribution in [-0.4, -0.2) is 20.6 Å². The van der Waals surface area contributed by atoms with Crippen molar-refractivity contribution in [3.63, 3.8) is 0 Å². The van der Waals surface area contributed by atoms with E-state index in [2.05, 4.69) is 4.98 Å². The summed E-state index contributed by atoms with van der Waals surface area (Å²) in [6, 6.07) is 17.6. The summed E-state index contributed by atoms with van der Waals surface area (Å²) in [5, 5.41) is 8.91. The summed E-state index contributed by atoms with van der Waals surface area (Å²) in [7, 11) is 0. The summed E-state index contributed by atoms with van der Waals surface area (Å²) >= 11 is 0. The van der Waals surface area contributed by atoms with Gasteiger partial charge in [-0.3, -0.25) is 4.79 Å². The van der Waals surface area contributed by atoms with Gasteiger partial charge in [-0.15, -0.1) is 0 Å². The first-order chi connectivity index (χ1) is 9.75. The van der Waals surface area contributed by atoms with Crippen LogP contribution in [0.25, 0.3) is 22.4 Å². The Morgan fingerprint density at radius 3 is 2.50 bits per heavy atom. The summed E-state index contributed by atoms with van der Waals surface area (Å²) in [5.74, 6) is 0.00911. The maximum absolute atomic E-state index is 10.8. The highest BCUT2D eigenvalue weighted by atomic mass is 16.4. The lowest BCUT2D eigenvalue weighted by Gasteiger charge is -2.07. The monoisotopic (exact) mass is 266 g/mol. The van der Waals surface area contributed by atoms with Crippen LogP contribution in [0.2, 0.25) is 0 Å². The number of aromatic nitrogens is 2. The molecule has 0 atom stereocenters. The number of para-hydroxylation sites is 2. The average Bonchev–Trinajstić information content (AvgIpc) is 2.84. The molecule has 20 heavy (non-hydrogen) atoms. The molecular weight excluding hydrogens is 252 g/mol. The Morgan fingerprint density at radius 2 is 1.75 bits per heavy atom. The molecule has 1 heterocycles.